The van der Waals surface area contributed by atoms with Crippen molar-refractivity contribution in [3.05, 3.63) is 101 Å². The van der Waals surface area contributed by atoms with Gasteiger partial charge in [-0.25, -0.2) is 4.98 Å². The van der Waals surface area contributed by atoms with Crippen LogP contribution >= 0.6 is 23.2 Å². The van der Waals surface area contributed by atoms with Crippen molar-refractivity contribution < 1.29 is 14.2 Å². The predicted octanol–water partition coefficient (Wildman–Crippen LogP) is 5.45. The Morgan fingerprint density at radius 1 is 0.925 bits per heavy atom. The zero-order valence-electron chi connectivity index (χ0n) is 22.0. The molecule has 2 aliphatic heterocycles. The van der Waals surface area contributed by atoms with E-state index in [-0.39, 0.29) is 6.10 Å². The summed E-state index contributed by atoms with van der Waals surface area (Å²) in [5.41, 5.74) is 9.73. The van der Waals surface area contributed by atoms with E-state index >= 15 is 0 Å². The highest BCUT2D eigenvalue weighted by atomic mass is 35.5. The van der Waals surface area contributed by atoms with E-state index < -0.39 is 5.79 Å². The second-order valence-electron chi connectivity index (χ2n) is 10.0. The van der Waals surface area contributed by atoms with Gasteiger partial charge in [-0.15, -0.1) is 0 Å². The van der Waals surface area contributed by atoms with Crippen molar-refractivity contribution in [1.29, 1.82) is 0 Å². The van der Waals surface area contributed by atoms with Crippen molar-refractivity contribution in [2.24, 2.45) is 0 Å². The van der Waals surface area contributed by atoms with Gasteiger partial charge in [-0.05, 0) is 60.7 Å². The van der Waals surface area contributed by atoms with Crippen molar-refractivity contribution >= 4 is 40.3 Å². The van der Waals surface area contributed by atoms with Crippen LogP contribution in [0, 0.1) is 0 Å². The molecule has 10 heteroatoms. The molecule has 40 heavy (non-hydrogen) atoms. The van der Waals surface area contributed by atoms with Gasteiger partial charge in [0.05, 0.1) is 24.5 Å². The molecule has 2 saturated heterocycles. The molecule has 0 aliphatic carbocycles. The molecule has 0 bridgehead atoms. The highest BCUT2D eigenvalue weighted by Crippen LogP contribution is 2.40. The van der Waals surface area contributed by atoms with Crippen LogP contribution in [-0.4, -0.2) is 55.0 Å². The average Bonchev–Trinajstić information content (AvgIpc) is 3.63. The maximum absolute atomic E-state index is 6.57. The minimum Gasteiger partial charge on any atom is -0.491 e. The minimum absolute atomic E-state index is 0.281. The van der Waals surface area contributed by atoms with E-state index in [4.69, 9.17) is 43.1 Å². The number of nitrogens with two attached hydrogens (primary N) is 1. The van der Waals surface area contributed by atoms with Crippen LogP contribution in [0.5, 0.6) is 5.75 Å². The first kappa shape index (κ1) is 26.8. The van der Waals surface area contributed by atoms with Gasteiger partial charge in [-0.3, -0.25) is 0 Å². The number of nitrogens with zero attached hydrogens (tertiary/aromatic N) is 4. The fourth-order valence-corrected chi connectivity index (χ4v) is 5.78. The zero-order chi connectivity index (χ0) is 27.5. The average molecular weight is 581 g/mol. The molecule has 2 atom stereocenters. The molecular weight excluding hydrogens is 549 g/mol. The van der Waals surface area contributed by atoms with Crippen LogP contribution in [0.1, 0.15) is 5.56 Å². The second kappa shape index (κ2) is 11.6. The summed E-state index contributed by atoms with van der Waals surface area (Å²) in [5.74, 6) is -0.293. The van der Waals surface area contributed by atoms with E-state index in [1.807, 2.05) is 41.1 Å². The highest BCUT2D eigenvalue weighted by molar-refractivity contribution is 6.35. The van der Waals surface area contributed by atoms with Gasteiger partial charge in [-0.2, -0.15) is 0 Å². The van der Waals surface area contributed by atoms with E-state index in [0.717, 1.165) is 43.2 Å². The predicted molar refractivity (Wildman–Crippen MR) is 158 cm³/mol. The quantitative estimate of drug-likeness (QED) is 0.278. The van der Waals surface area contributed by atoms with Crippen molar-refractivity contribution in [3.63, 3.8) is 0 Å². The van der Waals surface area contributed by atoms with E-state index in [1.54, 1.807) is 24.7 Å². The lowest BCUT2D eigenvalue weighted by molar-refractivity contribution is -0.189. The Kier molecular flexibility index (Phi) is 7.76. The van der Waals surface area contributed by atoms with E-state index in [2.05, 4.69) is 39.0 Å². The summed E-state index contributed by atoms with van der Waals surface area (Å²) >= 11 is 12.7. The fourth-order valence-electron chi connectivity index (χ4n) is 5.23. The monoisotopic (exact) mass is 579 g/mol. The molecule has 0 amide bonds. The molecule has 6 rings (SSSR count). The van der Waals surface area contributed by atoms with Crippen LogP contribution in [0.25, 0.3) is 0 Å². The lowest BCUT2D eigenvalue weighted by Gasteiger charge is -2.37. The number of benzene rings is 3. The first-order chi connectivity index (χ1) is 19.5. The zero-order valence-corrected chi connectivity index (χ0v) is 23.5. The smallest absolute Gasteiger partial charge is 0.215 e. The summed E-state index contributed by atoms with van der Waals surface area (Å²) in [7, 11) is 0. The number of hydrogen-bond donors (Lipinski definition) is 1. The third kappa shape index (κ3) is 5.86. The summed E-state index contributed by atoms with van der Waals surface area (Å²) in [6, 6.07) is 21.6. The Bertz CT molecular complexity index is 1410. The largest absolute Gasteiger partial charge is 0.491 e. The molecule has 0 saturated carbocycles. The first-order valence-electron chi connectivity index (χ1n) is 13.3. The maximum atomic E-state index is 6.57. The lowest BCUT2D eigenvalue weighted by Crippen LogP contribution is -2.46. The molecular formula is C30H31Cl2N5O3. The molecule has 1 aromatic heterocycles. The highest BCUT2D eigenvalue weighted by Gasteiger charge is 2.45. The van der Waals surface area contributed by atoms with Crippen molar-refractivity contribution in [3.8, 4) is 5.75 Å². The Hall–Kier alpha value is -3.43. The Morgan fingerprint density at radius 3 is 2.23 bits per heavy atom. The molecule has 2 fully saturated rings. The van der Waals surface area contributed by atoms with Gasteiger partial charge in [0.15, 0.2) is 0 Å². The van der Waals surface area contributed by atoms with Gasteiger partial charge in [0.25, 0.3) is 0 Å². The number of hydrogen-bond acceptors (Lipinski definition) is 7. The third-order valence-corrected chi connectivity index (χ3v) is 7.87. The van der Waals surface area contributed by atoms with Gasteiger partial charge in [-0.1, -0.05) is 29.3 Å². The summed E-state index contributed by atoms with van der Waals surface area (Å²) in [5, 5.41) is 1.04. The molecule has 8 nitrogen and oxygen atoms in total. The number of anilines is 3. The molecule has 2 aliphatic rings. The van der Waals surface area contributed by atoms with Crippen LogP contribution in [-0.2, 0) is 21.8 Å². The standard InChI is InChI=1S/C30H31Cl2N5O3/c31-22-1-10-28(29(32)17-22)30(20-35-12-11-34-21-35)39-19-27(40-30)18-38-26-8-6-25(7-9-26)37-15-13-36(14-16-37)24-4-2-23(33)3-5-24/h1-12,17,21,27H,13-16,18-20,33H2. The van der Waals surface area contributed by atoms with Crippen LogP contribution in [0.15, 0.2) is 85.5 Å². The second-order valence-corrected chi connectivity index (χ2v) is 10.9. The van der Waals surface area contributed by atoms with E-state index in [0.29, 0.717) is 29.8 Å². The molecule has 0 spiro atoms. The van der Waals surface area contributed by atoms with Gasteiger partial charge >= 0.3 is 0 Å². The molecule has 208 valence electrons. The van der Waals surface area contributed by atoms with Crippen LogP contribution < -0.4 is 20.3 Å². The van der Waals surface area contributed by atoms with Gasteiger partial charge in [0, 0.05) is 66.2 Å². The fraction of sp³-hybridized carbons (Fsp3) is 0.300. The molecule has 4 aromatic rings. The summed E-state index contributed by atoms with van der Waals surface area (Å²) in [6.45, 7) is 4.92. The van der Waals surface area contributed by atoms with Crippen molar-refractivity contribution in [2.75, 3.05) is 54.9 Å². The van der Waals surface area contributed by atoms with Crippen molar-refractivity contribution in [2.45, 2.75) is 18.4 Å². The number of imidazole rings is 1. The molecule has 3 heterocycles. The third-order valence-electron chi connectivity index (χ3n) is 7.33. The number of nitrogen functional groups attached to an aromatic ring is 1. The van der Waals surface area contributed by atoms with Crippen LogP contribution in [0.2, 0.25) is 10.0 Å². The number of piperazine rings is 1. The lowest BCUT2D eigenvalue weighted by atomic mass is 10.1. The molecule has 0 radical (unpaired) electrons. The van der Waals surface area contributed by atoms with Crippen LogP contribution in [0.3, 0.4) is 0 Å². The number of rotatable bonds is 8. The first-order valence-corrected chi connectivity index (χ1v) is 14.0. The van der Waals surface area contributed by atoms with E-state index in [1.165, 1.54) is 11.4 Å². The molecule has 2 unspecified atom stereocenters. The Labute approximate surface area is 243 Å². The van der Waals surface area contributed by atoms with Gasteiger partial charge in [0.1, 0.15) is 18.5 Å². The number of ether oxygens (including phenoxy) is 3. The topological polar surface area (TPSA) is 78.0 Å². The molecule has 3 aromatic carbocycles. The maximum Gasteiger partial charge on any atom is 0.215 e. The Balaban J connectivity index is 1.06. The summed E-state index contributed by atoms with van der Waals surface area (Å²) in [6.07, 6.45) is 5.02. The van der Waals surface area contributed by atoms with Gasteiger partial charge < -0.3 is 34.3 Å². The number of halogens is 2. The van der Waals surface area contributed by atoms with Crippen molar-refractivity contribution in [1.82, 2.24) is 9.55 Å². The minimum atomic E-state index is -1.07. The summed E-state index contributed by atoms with van der Waals surface area (Å²) in [4.78, 5) is 8.93. The van der Waals surface area contributed by atoms with Gasteiger partial charge in [0.2, 0.25) is 5.79 Å². The molecule has 2 N–H and O–H groups in total. The SMILES string of the molecule is Nc1ccc(N2CCN(c3ccc(OCC4COC(Cn5ccnc5)(c5ccc(Cl)cc5Cl)O4)cc3)CC2)cc1. The normalized spacial score (nSPS) is 21.1. The number of aromatic nitrogens is 2. The Morgan fingerprint density at radius 2 is 1.60 bits per heavy atom. The van der Waals surface area contributed by atoms with E-state index in [9.17, 15) is 0 Å². The summed E-state index contributed by atoms with van der Waals surface area (Å²) < 4.78 is 20.8. The van der Waals surface area contributed by atoms with Crippen LogP contribution in [0.4, 0.5) is 17.1 Å².